The molecule has 0 aliphatic rings. The van der Waals surface area contributed by atoms with E-state index < -0.39 is 0 Å². The molecule has 0 saturated carbocycles. The minimum Gasteiger partial charge on any atom is -0.296 e. The van der Waals surface area contributed by atoms with Gasteiger partial charge in [-0.15, -0.1) is 11.3 Å². The topological polar surface area (TPSA) is 27.0 Å². The van der Waals surface area contributed by atoms with Crippen molar-refractivity contribution in [3.05, 3.63) is 22.4 Å². The molecule has 82 valence electrons. The SMILES string of the molecule is CC(C)N(CCCC#N)Cc1cccs1. The summed E-state index contributed by atoms with van der Waals surface area (Å²) in [4.78, 5) is 3.82. The Hall–Kier alpha value is -0.850. The third-order valence-electron chi connectivity index (χ3n) is 2.40. The van der Waals surface area contributed by atoms with Crippen LogP contribution >= 0.6 is 11.3 Å². The number of hydrogen-bond donors (Lipinski definition) is 0. The quantitative estimate of drug-likeness (QED) is 0.691. The van der Waals surface area contributed by atoms with Gasteiger partial charge in [-0.1, -0.05) is 6.07 Å². The van der Waals surface area contributed by atoms with Gasteiger partial charge in [0.05, 0.1) is 6.07 Å². The standard InChI is InChI=1S/C12H18N2S/c1-11(2)14(8-4-3-7-13)10-12-6-5-9-15-12/h5-6,9,11H,3-4,8,10H2,1-2H3. The van der Waals surface area contributed by atoms with Gasteiger partial charge in [-0.3, -0.25) is 4.90 Å². The van der Waals surface area contributed by atoms with Gasteiger partial charge in [0.15, 0.2) is 0 Å². The second kappa shape index (κ2) is 6.60. The van der Waals surface area contributed by atoms with E-state index in [9.17, 15) is 0 Å². The predicted molar refractivity (Wildman–Crippen MR) is 64.7 cm³/mol. The highest BCUT2D eigenvalue weighted by atomic mass is 32.1. The summed E-state index contributed by atoms with van der Waals surface area (Å²) < 4.78 is 0. The van der Waals surface area contributed by atoms with Gasteiger partial charge in [-0.2, -0.15) is 5.26 Å². The third-order valence-corrected chi connectivity index (χ3v) is 3.26. The van der Waals surface area contributed by atoms with Crippen LogP contribution in [0, 0.1) is 11.3 Å². The number of hydrogen-bond acceptors (Lipinski definition) is 3. The van der Waals surface area contributed by atoms with E-state index in [1.807, 2.05) is 0 Å². The predicted octanol–water partition coefficient (Wildman–Crippen LogP) is 3.26. The van der Waals surface area contributed by atoms with E-state index in [0.29, 0.717) is 12.5 Å². The van der Waals surface area contributed by atoms with E-state index in [1.165, 1.54) is 4.88 Å². The van der Waals surface area contributed by atoms with Crippen molar-refractivity contribution in [1.29, 1.82) is 5.26 Å². The Kier molecular flexibility index (Phi) is 5.38. The number of nitriles is 1. The summed E-state index contributed by atoms with van der Waals surface area (Å²) in [6, 6.07) is 7.01. The molecule has 15 heavy (non-hydrogen) atoms. The van der Waals surface area contributed by atoms with Crippen LogP contribution in [-0.4, -0.2) is 17.5 Å². The average Bonchev–Trinajstić information content (AvgIpc) is 2.69. The molecule has 1 heterocycles. The molecule has 1 aromatic heterocycles. The summed E-state index contributed by atoms with van der Waals surface area (Å²) in [5.74, 6) is 0. The van der Waals surface area contributed by atoms with Gasteiger partial charge in [0.25, 0.3) is 0 Å². The molecule has 2 nitrogen and oxygen atoms in total. The average molecular weight is 222 g/mol. The van der Waals surface area contributed by atoms with Gasteiger partial charge in [0.1, 0.15) is 0 Å². The van der Waals surface area contributed by atoms with Crippen LogP contribution in [0.15, 0.2) is 17.5 Å². The Balaban J connectivity index is 2.41. The van der Waals surface area contributed by atoms with E-state index in [0.717, 1.165) is 19.5 Å². The number of nitrogens with zero attached hydrogens (tertiary/aromatic N) is 2. The zero-order valence-electron chi connectivity index (χ0n) is 9.44. The first-order valence-electron chi connectivity index (χ1n) is 5.37. The molecule has 1 aromatic rings. The normalized spacial score (nSPS) is 10.9. The van der Waals surface area contributed by atoms with Gasteiger partial charge < -0.3 is 0 Å². The Morgan fingerprint density at radius 3 is 2.87 bits per heavy atom. The first-order chi connectivity index (χ1) is 7.24. The highest BCUT2D eigenvalue weighted by molar-refractivity contribution is 7.09. The fraction of sp³-hybridized carbons (Fsp3) is 0.583. The van der Waals surface area contributed by atoms with Crippen molar-refractivity contribution in [1.82, 2.24) is 4.90 Å². The molecule has 0 aromatic carbocycles. The minimum absolute atomic E-state index is 0.547. The molecule has 3 heteroatoms. The monoisotopic (exact) mass is 222 g/mol. The van der Waals surface area contributed by atoms with Gasteiger partial charge in [0, 0.05) is 23.9 Å². The van der Waals surface area contributed by atoms with E-state index in [4.69, 9.17) is 5.26 Å². The van der Waals surface area contributed by atoms with Crippen molar-refractivity contribution in [2.75, 3.05) is 6.54 Å². The highest BCUT2D eigenvalue weighted by Gasteiger charge is 2.09. The Labute approximate surface area is 96.1 Å². The lowest BCUT2D eigenvalue weighted by Gasteiger charge is -2.25. The number of rotatable bonds is 6. The number of unbranched alkanes of at least 4 members (excludes halogenated alkanes) is 1. The molecule has 0 atom stereocenters. The van der Waals surface area contributed by atoms with E-state index in [1.54, 1.807) is 11.3 Å². The maximum Gasteiger partial charge on any atom is 0.0622 e. The molecule has 0 spiro atoms. The minimum atomic E-state index is 0.547. The summed E-state index contributed by atoms with van der Waals surface area (Å²) in [5, 5.41) is 10.6. The second-order valence-corrected chi connectivity index (χ2v) is 4.94. The second-order valence-electron chi connectivity index (χ2n) is 3.91. The van der Waals surface area contributed by atoms with Crippen LogP contribution in [0.5, 0.6) is 0 Å². The zero-order valence-corrected chi connectivity index (χ0v) is 10.3. The maximum atomic E-state index is 8.51. The summed E-state index contributed by atoms with van der Waals surface area (Å²) >= 11 is 1.80. The Bertz CT molecular complexity index is 298. The molecule has 0 amide bonds. The smallest absolute Gasteiger partial charge is 0.0622 e. The zero-order chi connectivity index (χ0) is 11.1. The molecule has 0 aliphatic heterocycles. The van der Waals surface area contributed by atoms with Crippen molar-refractivity contribution >= 4 is 11.3 Å². The van der Waals surface area contributed by atoms with Crippen LogP contribution in [0.2, 0.25) is 0 Å². The first-order valence-corrected chi connectivity index (χ1v) is 6.25. The lowest BCUT2D eigenvalue weighted by atomic mass is 10.2. The van der Waals surface area contributed by atoms with Crippen molar-refractivity contribution < 1.29 is 0 Å². The van der Waals surface area contributed by atoms with Gasteiger partial charge in [-0.05, 0) is 38.3 Å². The molecule has 0 radical (unpaired) electrons. The van der Waals surface area contributed by atoms with Crippen LogP contribution < -0.4 is 0 Å². The van der Waals surface area contributed by atoms with Gasteiger partial charge >= 0.3 is 0 Å². The summed E-state index contributed by atoms with van der Waals surface area (Å²) in [7, 11) is 0. The first kappa shape index (κ1) is 12.2. The fourth-order valence-electron chi connectivity index (χ4n) is 1.48. The molecular weight excluding hydrogens is 204 g/mol. The molecule has 0 unspecified atom stereocenters. The molecule has 0 N–H and O–H groups in total. The Morgan fingerprint density at radius 2 is 2.33 bits per heavy atom. The maximum absolute atomic E-state index is 8.51. The lowest BCUT2D eigenvalue weighted by molar-refractivity contribution is 0.213. The van der Waals surface area contributed by atoms with Crippen molar-refractivity contribution in [3.63, 3.8) is 0 Å². The van der Waals surface area contributed by atoms with Crippen LogP contribution in [0.3, 0.4) is 0 Å². The lowest BCUT2D eigenvalue weighted by Crippen LogP contribution is -2.30. The highest BCUT2D eigenvalue weighted by Crippen LogP contribution is 2.14. The molecule has 0 aliphatic carbocycles. The summed E-state index contributed by atoms with van der Waals surface area (Å²) in [6.07, 6.45) is 1.63. The number of thiophene rings is 1. The van der Waals surface area contributed by atoms with Gasteiger partial charge in [0.2, 0.25) is 0 Å². The summed E-state index contributed by atoms with van der Waals surface area (Å²) in [6.45, 7) is 6.45. The van der Waals surface area contributed by atoms with Crippen molar-refractivity contribution in [3.8, 4) is 6.07 Å². The van der Waals surface area contributed by atoms with Crippen LogP contribution in [0.25, 0.3) is 0 Å². The summed E-state index contributed by atoms with van der Waals surface area (Å²) in [5.41, 5.74) is 0. The molecule has 0 saturated heterocycles. The molecule has 0 fully saturated rings. The van der Waals surface area contributed by atoms with Gasteiger partial charge in [-0.25, -0.2) is 0 Å². The molecule has 1 rings (SSSR count). The van der Waals surface area contributed by atoms with Crippen LogP contribution in [0.1, 0.15) is 31.6 Å². The largest absolute Gasteiger partial charge is 0.296 e. The Morgan fingerprint density at radius 1 is 1.53 bits per heavy atom. The molecular formula is C12H18N2S. The van der Waals surface area contributed by atoms with E-state index >= 15 is 0 Å². The van der Waals surface area contributed by atoms with E-state index in [2.05, 4.69) is 42.3 Å². The molecule has 0 bridgehead atoms. The van der Waals surface area contributed by atoms with Crippen LogP contribution in [-0.2, 0) is 6.54 Å². The fourth-order valence-corrected chi connectivity index (χ4v) is 2.21. The van der Waals surface area contributed by atoms with E-state index in [-0.39, 0.29) is 0 Å². The van der Waals surface area contributed by atoms with Crippen LogP contribution in [0.4, 0.5) is 0 Å². The third kappa shape index (κ3) is 4.46. The van der Waals surface area contributed by atoms with Crippen molar-refractivity contribution in [2.45, 2.75) is 39.3 Å². The van der Waals surface area contributed by atoms with Crippen molar-refractivity contribution in [2.24, 2.45) is 0 Å².